The van der Waals surface area contributed by atoms with Crippen molar-refractivity contribution >= 4 is 17.5 Å². The van der Waals surface area contributed by atoms with Crippen molar-refractivity contribution in [3.05, 3.63) is 29.8 Å². The Balaban J connectivity index is 2.53. The summed E-state index contributed by atoms with van der Waals surface area (Å²) in [4.78, 5) is 13.0. The number of hydrogen-bond acceptors (Lipinski definition) is 2. The van der Waals surface area contributed by atoms with Crippen molar-refractivity contribution in [1.29, 1.82) is 0 Å². The molecule has 0 N–H and O–H groups in total. The van der Waals surface area contributed by atoms with Crippen LogP contribution >= 0.6 is 11.8 Å². The first-order chi connectivity index (χ1) is 7.77. The van der Waals surface area contributed by atoms with Gasteiger partial charge in [0.05, 0.1) is 0 Å². The molecule has 1 aromatic rings. The second-order valence-corrected chi connectivity index (χ2v) is 5.07. The van der Waals surface area contributed by atoms with E-state index >= 15 is 0 Å². The Labute approximate surface area is 103 Å². The summed E-state index contributed by atoms with van der Waals surface area (Å²) in [6, 6.07) is 8.02. The minimum atomic E-state index is 0.272. The molecular formula is C14H20OS. The van der Waals surface area contributed by atoms with Gasteiger partial charge in [0.1, 0.15) is 0 Å². The van der Waals surface area contributed by atoms with Crippen LogP contribution in [0.5, 0.6) is 0 Å². The van der Waals surface area contributed by atoms with Gasteiger partial charge in [0.2, 0.25) is 0 Å². The van der Waals surface area contributed by atoms with Crippen molar-refractivity contribution in [2.24, 2.45) is 0 Å². The lowest BCUT2D eigenvalue weighted by molar-refractivity contribution is 0.0979. The van der Waals surface area contributed by atoms with E-state index in [2.05, 4.69) is 26.0 Å². The van der Waals surface area contributed by atoms with Crippen LogP contribution in [0.1, 0.15) is 49.9 Å². The van der Waals surface area contributed by atoms with E-state index in [4.69, 9.17) is 0 Å². The zero-order chi connectivity index (χ0) is 11.8. The highest BCUT2D eigenvalue weighted by molar-refractivity contribution is 7.99. The minimum absolute atomic E-state index is 0.272. The van der Waals surface area contributed by atoms with Crippen LogP contribution in [0.4, 0.5) is 0 Å². The van der Waals surface area contributed by atoms with Gasteiger partial charge in [-0.25, -0.2) is 0 Å². The summed E-state index contributed by atoms with van der Waals surface area (Å²) in [6.45, 7) is 4.29. The lowest BCUT2D eigenvalue weighted by Crippen LogP contribution is -1.98. The molecule has 0 aliphatic heterocycles. The maximum absolute atomic E-state index is 11.7. The Morgan fingerprint density at radius 1 is 1.12 bits per heavy atom. The first-order valence-electron chi connectivity index (χ1n) is 6.04. The Kier molecular flexibility index (Phi) is 6.24. The van der Waals surface area contributed by atoms with E-state index < -0.39 is 0 Å². The van der Waals surface area contributed by atoms with Crippen molar-refractivity contribution in [2.45, 2.75) is 44.4 Å². The van der Waals surface area contributed by atoms with Gasteiger partial charge < -0.3 is 0 Å². The maximum atomic E-state index is 11.7. The Bertz CT molecular complexity index is 316. The lowest BCUT2D eigenvalue weighted by atomic mass is 10.1. The molecule has 0 spiro atoms. The van der Waals surface area contributed by atoms with Gasteiger partial charge in [-0.2, -0.15) is 0 Å². The van der Waals surface area contributed by atoms with Gasteiger partial charge in [-0.15, -0.1) is 11.8 Å². The van der Waals surface area contributed by atoms with Crippen molar-refractivity contribution in [3.63, 3.8) is 0 Å². The Hall–Kier alpha value is -0.760. The van der Waals surface area contributed by atoms with Crippen LogP contribution in [-0.2, 0) is 0 Å². The fraction of sp³-hybridized carbons (Fsp3) is 0.500. The van der Waals surface area contributed by atoms with Crippen LogP contribution in [-0.4, -0.2) is 11.5 Å². The second-order valence-electron chi connectivity index (χ2n) is 3.90. The normalized spacial score (nSPS) is 10.4. The van der Waals surface area contributed by atoms with Crippen molar-refractivity contribution in [1.82, 2.24) is 0 Å². The average Bonchev–Trinajstić information content (AvgIpc) is 2.34. The van der Waals surface area contributed by atoms with E-state index in [-0.39, 0.29) is 5.78 Å². The zero-order valence-electron chi connectivity index (χ0n) is 10.2. The number of carbonyl (C=O) groups excluding carboxylic acids is 1. The maximum Gasteiger partial charge on any atom is 0.162 e. The van der Waals surface area contributed by atoms with Crippen molar-refractivity contribution in [3.8, 4) is 0 Å². The molecule has 0 bridgehead atoms. The number of carbonyl (C=O) groups is 1. The summed E-state index contributed by atoms with van der Waals surface area (Å²) >= 11 is 1.85. The molecule has 1 rings (SSSR count). The SMILES string of the molecule is CCCCC(=O)c1ccc(SCCC)cc1. The van der Waals surface area contributed by atoms with E-state index in [0.29, 0.717) is 6.42 Å². The highest BCUT2D eigenvalue weighted by atomic mass is 32.2. The van der Waals surface area contributed by atoms with Gasteiger partial charge in [0, 0.05) is 16.9 Å². The number of thioether (sulfide) groups is 1. The zero-order valence-corrected chi connectivity index (χ0v) is 11.0. The van der Waals surface area contributed by atoms with E-state index in [1.54, 1.807) is 0 Å². The molecule has 0 unspecified atom stereocenters. The summed E-state index contributed by atoms with van der Waals surface area (Å²) in [6.07, 6.45) is 3.93. The van der Waals surface area contributed by atoms with Gasteiger partial charge in [-0.3, -0.25) is 4.79 Å². The number of rotatable bonds is 7. The molecule has 0 aliphatic rings. The van der Waals surface area contributed by atoms with Gasteiger partial charge in [0.15, 0.2) is 5.78 Å². The smallest absolute Gasteiger partial charge is 0.162 e. The summed E-state index contributed by atoms with van der Waals surface area (Å²) in [5.41, 5.74) is 0.856. The predicted molar refractivity (Wildman–Crippen MR) is 71.3 cm³/mol. The number of ketones is 1. The lowest BCUT2D eigenvalue weighted by Gasteiger charge is -2.02. The van der Waals surface area contributed by atoms with Crippen LogP contribution in [0.15, 0.2) is 29.2 Å². The number of benzene rings is 1. The fourth-order valence-corrected chi connectivity index (χ4v) is 2.21. The van der Waals surface area contributed by atoms with Gasteiger partial charge >= 0.3 is 0 Å². The van der Waals surface area contributed by atoms with E-state index in [9.17, 15) is 4.79 Å². The van der Waals surface area contributed by atoms with E-state index in [0.717, 1.165) is 24.2 Å². The molecule has 0 atom stereocenters. The molecular weight excluding hydrogens is 216 g/mol. The third kappa shape index (κ3) is 4.40. The molecule has 1 nitrogen and oxygen atoms in total. The van der Waals surface area contributed by atoms with Crippen molar-refractivity contribution < 1.29 is 4.79 Å². The molecule has 0 aliphatic carbocycles. The van der Waals surface area contributed by atoms with Crippen LogP contribution in [0.2, 0.25) is 0 Å². The predicted octanol–water partition coefficient (Wildman–Crippen LogP) is 4.56. The summed E-state index contributed by atoms with van der Waals surface area (Å²) < 4.78 is 0. The first kappa shape index (κ1) is 13.3. The Morgan fingerprint density at radius 2 is 1.81 bits per heavy atom. The number of Topliss-reactive ketones (excluding diaryl/α,β-unsaturated/α-hetero) is 1. The van der Waals surface area contributed by atoms with E-state index in [1.165, 1.54) is 11.3 Å². The molecule has 2 heteroatoms. The first-order valence-corrected chi connectivity index (χ1v) is 7.02. The molecule has 0 saturated carbocycles. The average molecular weight is 236 g/mol. The molecule has 0 amide bonds. The quantitative estimate of drug-likeness (QED) is 0.510. The fourth-order valence-electron chi connectivity index (χ4n) is 1.44. The topological polar surface area (TPSA) is 17.1 Å². The molecule has 0 saturated heterocycles. The van der Waals surface area contributed by atoms with Gasteiger partial charge in [-0.1, -0.05) is 32.4 Å². The molecule has 0 fully saturated rings. The number of unbranched alkanes of at least 4 members (excludes halogenated alkanes) is 1. The molecule has 16 heavy (non-hydrogen) atoms. The Morgan fingerprint density at radius 3 is 2.38 bits per heavy atom. The standard InChI is InChI=1S/C14H20OS/c1-3-5-6-14(15)12-7-9-13(10-8-12)16-11-4-2/h7-10H,3-6,11H2,1-2H3. The van der Waals surface area contributed by atoms with Crippen molar-refractivity contribution in [2.75, 3.05) is 5.75 Å². The van der Waals surface area contributed by atoms with Crippen LogP contribution in [0, 0.1) is 0 Å². The van der Waals surface area contributed by atoms with Crippen LogP contribution in [0.3, 0.4) is 0 Å². The monoisotopic (exact) mass is 236 g/mol. The minimum Gasteiger partial charge on any atom is -0.294 e. The highest BCUT2D eigenvalue weighted by Gasteiger charge is 2.04. The summed E-state index contributed by atoms with van der Waals surface area (Å²) in [7, 11) is 0. The molecule has 0 heterocycles. The molecule has 0 radical (unpaired) electrons. The molecule has 88 valence electrons. The van der Waals surface area contributed by atoms with E-state index in [1.807, 2.05) is 23.9 Å². The largest absolute Gasteiger partial charge is 0.294 e. The summed E-state index contributed by atoms with van der Waals surface area (Å²) in [5.74, 6) is 1.41. The van der Waals surface area contributed by atoms with Gasteiger partial charge in [-0.05, 0) is 30.7 Å². The summed E-state index contributed by atoms with van der Waals surface area (Å²) in [5, 5.41) is 0. The molecule has 1 aromatic carbocycles. The second kappa shape index (κ2) is 7.50. The molecule has 0 aromatic heterocycles. The van der Waals surface area contributed by atoms with Gasteiger partial charge in [0.25, 0.3) is 0 Å². The van der Waals surface area contributed by atoms with Crippen LogP contribution in [0.25, 0.3) is 0 Å². The third-order valence-corrected chi connectivity index (χ3v) is 3.62. The highest BCUT2D eigenvalue weighted by Crippen LogP contribution is 2.19. The number of hydrogen-bond donors (Lipinski definition) is 0. The third-order valence-electron chi connectivity index (χ3n) is 2.41. The van der Waals surface area contributed by atoms with Crippen LogP contribution < -0.4 is 0 Å².